The minimum atomic E-state index is -0.996. The zero-order valence-corrected chi connectivity index (χ0v) is 12.0. The van der Waals surface area contributed by atoms with Gasteiger partial charge in [-0.05, 0) is 45.9 Å². The van der Waals surface area contributed by atoms with Gasteiger partial charge in [-0.15, -0.1) is 0 Å². The Kier molecular flexibility index (Phi) is 4.70. The second-order valence-electron chi connectivity index (χ2n) is 5.52. The number of anilines is 1. The van der Waals surface area contributed by atoms with E-state index in [1.807, 2.05) is 20.8 Å². The van der Waals surface area contributed by atoms with Crippen LogP contribution in [0.5, 0.6) is 0 Å². The average molecular weight is 282 g/mol. The van der Waals surface area contributed by atoms with Crippen LogP contribution >= 0.6 is 0 Å². The second-order valence-corrected chi connectivity index (χ2v) is 5.52. The van der Waals surface area contributed by atoms with E-state index in [0.29, 0.717) is 0 Å². The zero-order valence-electron chi connectivity index (χ0n) is 12.0. The minimum absolute atomic E-state index is 0.0968. The summed E-state index contributed by atoms with van der Waals surface area (Å²) in [6.45, 7) is 6.87. The number of benzene rings is 1. The fourth-order valence-corrected chi connectivity index (χ4v) is 1.45. The molecular formula is C14H19FN2O3. The third-order valence-electron chi connectivity index (χ3n) is 2.39. The molecule has 0 saturated carbocycles. The molecule has 1 aromatic carbocycles. The molecule has 0 spiro atoms. The Morgan fingerprint density at radius 3 is 2.50 bits per heavy atom. The Bertz CT molecular complexity index is 524. The van der Waals surface area contributed by atoms with Crippen LogP contribution < -0.4 is 11.1 Å². The molecule has 1 unspecified atom stereocenters. The molecule has 0 aliphatic carbocycles. The lowest BCUT2D eigenvalue weighted by Crippen LogP contribution is -2.46. The maximum absolute atomic E-state index is 13.1. The highest BCUT2D eigenvalue weighted by Gasteiger charge is 2.23. The fourth-order valence-electron chi connectivity index (χ4n) is 1.45. The lowest BCUT2D eigenvalue weighted by molar-refractivity contribution is -0.130. The molecular weight excluding hydrogens is 263 g/mol. The zero-order chi connectivity index (χ0) is 15.5. The number of nitrogen functional groups attached to an aromatic ring is 1. The normalized spacial score (nSPS) is 12.7. The number of ether oxygens (including phenoxy) is 1. The van der Waals surface area contributed by atoms with E-state index in [4.69, 9.17) is 10.5 Å². The van der Waals surface area contributed by atoms with Crippen LogP contribution in [0, 0.1) is 5.82 Å². The molecule has 1 rings (SSSR count). The minimum Gasteiger partial charge on any atom is -0.449 e. The molecule has 0 aromatic heterocycles. The Labute approximate surface area is 117 Å². The predicted molar refractivity (Wildman–Crippen MR) is 73.6 cm³/mol. The van der Waals surface area contributed by atoms with Crippen LogP contribution in [0.25, 0.3) is 0 Å². The van der Waals surface area contributed by atoms with E-state index in [-0.39, 0.29) is 11.3 Å². The highest BCUT2D eigenvalue weighted by atomic mass is 19.1. The highest BCUT2D eigenvalue weighted by molar-refractivity contribution is 5.96. The van der Waals surface area contributed by atoms with E-state index in [1.54, 1.807) is 0 Å². The van der Waals surface area contributed by atoms with E-state index >= 15 is 0 Å². The van der Waals surface area contributed by atoms with Crippen LogP contribution in [0.2, 0.25) is 0 Å². The summed E-state index contributed by atoms with van der Waals surface area (Å²) in [7, 11) is 0. The number of carbonyl (C=O) groups is 2. The lowest BCUT2D eigenvalue weighted by atomic mass is 10.1. The molecule has 0 fully saturated rings. The third-order valence-corrected chi connectivity index (χ3v) is 2.39. The van der Waals surface area contributed by atoms with Gasteiger partial charge in [0.2, 0.25) is 0 Å². The number of nitrogens with two attached hydrogens (primary N) is 1. The van der Waals surface area contributed by atoms with Gasteiger partial charge in [-0.25, -0.2) is 9.18 Å². The summed E-state index contributed by atoms with van der Waals surface area (Å²) in [4.78, 5) is 23.6. The van der Waals surface area contributed by atoms with Gasteiger partial charge in [-0.1, -0.05) is 0 Å². The summed E-state index contributed by atoms with van der Waals surface area (Å²) in [5, 5.41) is 2.68. The smallest absolute Gasteiger partial charge is 0.341 e. The Morgan fingerprint density at radius 1 is 1.35 bits per heavy atom. The number of esters is 1. The number of hydrogen-bond donors (Lipinski definition) is 2. The van der Waals surface area contributed by atoms with Crippen LogP contribution in [0.4, 0.5) is 10.1 Å². The average Bonchev–Trinajstić information content (AvgIpc) is 2.29. The number of halogens is 1. The van der Waals surface area contributed by atoms with Gasteiger partial charge < -0.3 is 15.8 Å². The van der Waals surface area contributed by atoms with Crippen molar-refractivity contribution in [3.8, 4) is 0 Å². The molecule has 0 aliphatic heterocycles. The standard InChI is InChI=1S/C14H19FN2O3/c1-8(12(18)17-14(2,3)4)20-13(19)10-7-9(15)5-6-11(10)16/h5-8H,16H2,1-4H3,(H,17,18). The molecule has 1 aromatic rings. The molecule has 0 saturated heterocycles. The first-order chi connectivity index (χ1) is 9.10. The molecule has 1 atom stereocenters. The van der Waals surface area contributed by atoms with Crippen LogP contribution in [0.3, 0.4) is 0 Å². The SMILES string of the molecule is CC(OC(=O)c1cc(F)ccc1N)C(=O)NC(C)(C)C. The lowest BCUT2D eigenvalue weighted by Gasteiger charge is -2.23. The summed E-state index contributed by atoms with van der Waals surface area (Å²) in [5.41, 5.74) is 5.14. The van der Waals surface area contributed by atoms with Crippen LogP contribution in [-0.2, 0) is 9.53 Å². The Morgan fingerprint density at radius 2 is 1.95 bits per heavy atom. The van der Waals surface area contributed by atoms with Crippen molar-refractivity contribution in [3.05, 3.63) is 29.6 Å². The summed E-state index contributed by atoms with van der Waals surface area (Å²) in [6.07, 6.45) is -0.996. The van der Waals surface area contributed by atoms with Gasteiger partial charge in [0.15, 0.2) is 6.10 Å². The quantitative estimate of drug-likeness (QED) is 0.655. The van der Waals surface area contributed by atoms with Crippen LogP contribution in [0.15, 0.2) is 18.2 Å². The number of amides is 1. The van der Waals surface area contributed by atoms with Crippen molar-refractivity contribution in [1.82, 2.24) is 5.32 Å². The van der Waals surface area contributed by atoms with Crippen LogP contribution in [0.1, 0.15) is 38.1 Å². The Balaban J connectivity index is 2.75. The van der Waals surface area contributed by atoms with Crippen LogP contribution in [-0.4, -0.2) is 23.5 Å². The fraction of sp³-hybridized carbons (Fsp3) is 0.429. The van der Waals surface area contributed by atoms with E-state index in [2.05, 4.69) is 5.32 Å². The molecule has 0 bridgehead atoms. The van der Waals surface area contributed by atoms with Crippen molar-refractivity contribution in [1.29, 1.82) is 0 Å². The number of nitrogens with one attached hydrogen (secondary N) is 1. The van der Waals surface area contributed by atoms with Crippen molar-refractivity contribution in [2.75, 3.05) is 5.73 Å². The van der Waals surface area contributed by atoms with E-state index in [0.717, 1.165) is 12.1 Å². The predicted octanol–water partition coefficient (Wildman–Crippen LogP) is 1.87. The Hall–Kier alpha value is -2.11. The van der Waals surface area contributed by atoms with Gasteiger partial charge in [0, 0.05) is 11.2 Å². The first-order valence-electron chi connectivity index (χ1n) is 6.18. The van der Waals surface area contributed by atoms with Crippen molar-refractivity contribution < 1.29 is 18.7 Å². The maximum atomic E-state index is 13.1. The maximum Gasteiger partial charge on any atom is 0.341 e. The topological polar surface area (TPSA) is 81.4 Å². The van der Waals surface area contributed by atoms with Crippen molar-refractivity contribution in [2.45, 2.75) is 39.3 Å². The molecule has 110 valence electrons. The third kappa shape index (κ3) is 4.53. The molecule has 6 heteroatoms. The summed E-state index contributed by atoms with van der Waals surface area (Å²) < 4.78 is 18.1. The summed E-state index contributed by atoms with van der Waals surface area (Å²) in [5.74, 6) is -1.86. The molecule has 0 radical (unpaired) electrons. The summed E-state index contributed by atoms with van der Waals surface area (Å²) >= 11 is 0. The van der Waals surface area contributed by atoms with Gasteiger partial charge in [-0.3, -0.25) is 4.79 Å². The van der Waals surface area contributed by atoms with E-state index in [9.17, 15) is 14.0 Å². The molecule has 5 nitrogen and oxygen atoms in total. The molecule has 0 heterocycles. The van der Waals surface area contributed by atoms with Gasteiger partial charge in [0.25, 0.3) is 5.91 Å². The van der Waals surface area contributed by atoms with Crippen molar-refractivity contribution >= 4 is 17.6 Å². The first kappa shape index (κ1) is 15.9. The first-order valence-corrected chi connectivity index (χ1v) is 6.18. The molecule has 3 N–H and O–H groups in total. The van der Waals surface area contributed by atoms with Gasteiger partial charge >= 0.3 is 5.97 Å². The molecule has 0 aliphatic rings. The number of hydrogen-bond acceptors (Lipinski definition) is 4. The summed E-state index contributed by atoms with van der Waals surface area (Å²) in [6, 6.07) is 3.39. The van der Waals surface area contributed by atoms with Gasteiger partial charge in [0.1, 0.15) is 5.82 Å². The molecule has 20 heavy (non-hydrogen) atoms. The second kappa shape index (κ2) is 5.90. The number of rotatable bonds is 3. The number of carbonyl (C=O) groups excluding carboxylic acids is 2. The van der Waals surface area contributed by atoms with E-state index in [1.165, 1.54) is 13.0 Å². The van der Waals surface area contributed by atoms with Gasteiger partial charge in [-0.2, -0.15) is 0 Å². The highest BCUT2D eigenvalue weighted by Crippen LogP contribution is 2.15. The van der Waals surface area contributed by atoms with Gasteiger partial charge in [0.05, 0.1) is 5.56 Å². The monoisotopic (exact) mass is 282 g/mol. The van der Waals surface area contributed by atoms with Crippen molar-refractivity contribution in [2.24, 2.45) is 0 Å². The van der Waals surface area contributed by atoms with Crippen molar-refractivity contribution in [3.63, 3.8) is 0 Å². The molecule has 1 amide bonds. The van der Waals surface area contributed by atoms with E-state index < -0.39 is 29.3 Å². The largest absolute Gasteiger partial charge is 0.449 e.